The molecule has 2 atom stereocenters. The Morgan fingerprint density at radius 3 is 2.40 bits per heavy atom. The number of amides is 2. The van der Waals surface area contributed by atoms with Crippen LogP contribution < -0.4 is 16.4 Å². The summed E-state index contributed by atoms with van der Waals surface area (Å²) in [7, 11) is 4.13. The fourth-order valence-electron chi connectivity index (χ4n) is 2.29. The van der Waals surface area contributed by atoms with Gasteiger partial charge in [-0.3, -0.25) is 9.59 Å². The number of hydrogen-bond donors (Lipinski definition) is 3. The van der Waals surface area contributed by atoms with Gasteiger partial charge >= 0.3 is 0 Å². The van der Waals surface area contributed by atoms with Crippen LogP contribution in [0.5, 0.6) is 0 Å². The highest BCUT2D eigenvalue weighted by atomic mass is 35.5. The van der Waals surface area contributed by atoms with Gasteiger partial charge in [0.05, 0.1) is 13.1 Å². The van der Waals surface area contributed by atoms with Crippen LogP contribution in [0.4, 0.5) is 0 Å². The first-order chi connectivity index (χ1) is 8.52. The molecule has 2 unspecified atom stereocenters. The Labute approximate surface area is 133 Å². The molecule has 4 N–H and O–H groups in total. The number of hydrogen-bond acceptors (Lipinski definition) is 4. The van der Waals surface area contributed by atoms with E-state index in [1.807, 2.05) is 0 Å². The molecule has 1 saturated carbocycles. The molecule has 1 fully saturated rings. The van der Waals surface area contributed by atoms with E-state index in [0.29, 0.717) is 6.04 Å². The molecule has 120 valence electrons. The zero-order valence-corrected chi connectivity index (χ0v) is 13.7. The molecule has 2 amide bonds. The minimum atomic E-state index is -0.306. The first kappa shape index (κ1) is 21.7. The Morgan fingerprint density at radius 2 is 1.85 bits per heavy atom. The van der Waals surface area contributed by atoms with Gasteiger partial charge in [0.15, 0.2) is 0 Å². The fourth-order valence-corrected chi connectivity index (χ4v) is 2.29. The average molecular weight is 329 g/mol. The Hall–Kier alpha value is -0.560. The van der Waals surface area contributed by atoms with E-state index in [2.05, 4.69) is 29.6 Å². The molecule has 0 bridgehead atoms. The molecule has 0 radical (unpaired) electrons. The Kier molecular flexibility index (Phi) is 12.1. The molecule has 1 aliphatic carbocycles. The maximum atomic E-state index is 11.6. The van der Waals surface area contributed by atoms with E-state index < -0.39 is 0 Å². The molecule has 0 aromatic heterocycles. The standard InChI is InChI=1S/C12H24N4O2.2ClH/c1-16(2)10-5-3-4-9(6-10)15-12(18)8-14-11(17)7-13;;/h9-10H,3-8,13H2,1-2H3,(H,14,17)(H,15,18);2*1H. The topological polar surface area (TPSA) is 87.5 Å². The fraction of sp³-hybridized carbons (Fsp3) is 0.833. The van der Waals surface area contributed by atoms with Crippen LogP contribution in [-0.4, -0.2) is 56.0 Å². The molecule has 0 spiro atoms. The van der Waals surface area contributed by atoms with Gasteiger partial charge in [0.2, 0.25) is 11.8 Å². The highest BCUT2D eigenvalue weighted by molar-refractivity contribution is 5.86. The SMILES string of the molecule is CN(C)C1CCCC(NC(=O)CNC(=O)CN)C1.Cl.Cl. The monoisotopic (exact) mass is 328 g/mol. The summed E-state index contributed by atoms with van der Waals surface area (Å²) in [5, 5.41) is 5.43. The van der Waals surface area contributed by atoms with E-state index in [4.69, 9.17) is 5.73 Å². The largest absolute Gasteiger partial charge is 0.352 e. The summed E-state index contributed by atoms with van der Waals surface area (Å²) < 4.78 is 0. The van der Waals surface area contributed by atoms with E-state index in [9.17, 15) is 9.59 Å². The third kappa shape index (κ3) is 7.89. The van der Waals surface area contributed by atoms with Crippen molar-refractivity contribution in [3.05, 3.63) is 0 Å². The second-order valence-electron chi connectivity index (χ2n) is 5.03. The van der Waals surface area contributed by atoms with Crippen LogP contribution in [0.2, 0.25) is 0 Å². The molecule has 1 aliphatic rings. The third-order valence-electron chi connectivity index (χ3n) is 3.37. The van der Waals surface area contributed by atoms with Gasteiger partial charge in [0, 0.05) is 12.1 Å². The highest BCUT2D eigenvalue weighted by Crippen LogP contribution is 2.21. The van der Waals surface area contributed by atoms with Crippen molar-refractivity contribution in [2.75, 3.05) is 27.2 Å². The van der Waals surface area contributed by atoms with Crippen LogP contribution in [0.1, 0.15) is 25.7 Å². The molecule has 6 nitrogen and oxygen atoms in total. The lowest BCUT2D eigenvalue weighted by atomic mass is 9.90. The van der Waals surface area contributed by atoms with Crippen molar-refractivity contribution in [1.82, 2.24) is 15.5 Å². The van der Waals surface area contributed by atoms with Gasteiger partial charge in [-0.2, -0.15) is 0 Å². The molecular formula is C12H26Cl2N4O2. The second-order valence-corrected chi connectivity index (χ2v) is 5.03. The number of carbonyl (C=O) groups excluding carboxylic acids is 2. The first-order valence-electron chi connectivity index (χ1n) is 6.45. The van der Waals surface area contributed by atoms with Gasteiger partial charge in [-0.15, -0.1) is 24.8 Å². The van der Waals surface area contributed by atoms with Crippen molar-refractivity contribution in [3.63, 3.8) is 0 Å². The number of rotatable bonds is 5. The van der Waals surface area contributed by atoms with Gasteiger partial charge in [0.25, 0.3) is 0 Å². The zero-order chi connectivity index (χ0) is 13.5. The summed E-state index contributed by atoms with van der Waals surface area (Å²) in [6.45, 7) is -0.0709. The van der Waals surface area contributed by atoms with Gasteiger partial charge < -0.3 is 21.3 Å². The van der Waals surface area contributed by atoms with E-state index in [-0.39, 0.29) is 55.8 Å². The summed E-state index contributed by atoms with van der Waals surface area (Å²) in [5.74, 6) is -0.443. The predicted molar refractivity (Wildman–Crippen MR) is 84.4 cm³/mol. The second kappa shape index (κ2) is 11.1. The van der Waals surface area contributed by atoms with Crippen molar-refractivity contribution >= 4 is 36.6 Å². The predicted octanol–water partition coefficient (Wildman–Crippen LogP) is -0.106. The van der Waals surface area contributed by atoms with E-state index >= 15 is 0 Å². The highest BCUT2D eigenvalue weighted by Gasteiger charge is 2.24. The molecule has 0 aromatic rings. The molecule has 20 heavy (non-hydrogen) atoms. The van der Waals surface area contributed by atoms with Crippen molar-refractivity contribution in [3.8, 4) is 0 Å². The van der Waals surface area contributed by atoms with Crippen molar-refractivity contribution in [2.24, 2.45) is 5.73 Å². The normalized spacial score (nSPS) is 21.4. The maximum absolute atomic E-state index is 11.6. The van der Waals surface area contributed by atoms with Gasteiger partial charge in [0.1, 0.15) is 0 Å². The average Bonchev–Trinajstić information content (AvgIpc) is 2.36. The smallest absolute Gasteiger partial charge is 0.239 e. The van der Waals surface area contributed by atoms with E-state index in [1.54, 1.807) is 0 Å². The molecule has 0 saturated heterocycles. The molecule has 1 rings (SSSR count). The maximum Gasteiger partial charge on any atom is 0.239 e. The Bertz CT molecular complexity index is 303. The quantitative estimate of drug-likeness (QED) is 0.657. The minimum absolute atomic E-state index is 0. The van der Waals surface area contributed by atoms with Crippen molar-refractivity contribution in [1.29, 1.82) is 0 Å². The minimum Gasteiger partial charge on any atom is -0.352 e. The van der Waals surface area contributed by atoms with Crippen LogP contribution in [0.3, 0.4) is 0 Å². The van der Waals surface area contributed by atoms with Gasteiger partial charge in [-0.05, 0) is 39.8 Å². The zero-order valence-electron chi connectivity index (χ0n) is 12.1. The molecule has 0 heterocycles. The van der Waals surface area contributed by atoms with E-state index in [1.165, 1.54) is 6.42 Å². The first-order valence-corrected chi connectivity index (χ1v) is 6.45. The molecule has 8 heteroatoms. The summed E-state index contributed by atoms with van der Waals surface area (Å²) in [4.78, 5) is 24.8. The summed E-state index contributed by atoms with van der Waals surface area (Å²) in [5.41, 5.74) is 5.14. The number of nitrogens with two attached hydrogens (primary N) is 1. The van der Waals surface area contributed by atoms with Crippen molar-refractivity contribution < 1.29 is 9.59 Å². The van der Waals surface area contributed by atoms with Crippen LogP contribution >= 0.6 is 24.8 Å². The van der Waals surface area contributed by atoms with Crippen molar-refractivity contribution in [2.45, 2.75) is 37.8 Å². The van der Waals surface area contributed by atoms with Crippen LogP contribution in [0.25, 0.3) is 0 Å². The Morgan fingerprint density at radius 1 is 1.20 bits per heavy atom. The number of nitrogens with one attached hydrogen (secondary N) is 2. The number of carbonyl (C=O) groups is 2. The lowest BCUT2D eigenvalue weighted by Gasteiger charge is -2.33. The molecular weight excluding hydrogens is 303 g/mol. The summed E-state index contributed by atoms with van der Waals surface area (Å²) in [6, 6.07) is 0.746. The lowest BCUT2D eigenvalue weighted by Crippen LogP contribution is -2.47. The van der Waals surface area contributed by atoms with Crippen LogP contribution in [0, 0.1) is 0 Å². The summed E-state index contributed by atoms with van der Waals surface area (Å²) >= 11 is 0. The van der Waals surface area contributed by atoms with Gasteiger partial charge in [-0.1, -0.05) is 0 Å². The molecule has 0 aliphatic heterocycles. The third-order valence-corrected chi connectivity index (χ3v) is 3.37. The van der Waals surface area contributed by atoms with Gasteiger partial charge in [-0.25, -0.2) is 0 Å². The van der Waals surface area contributed by atoms with Crippen LogP contribution in [-0.2, 0) is 9.59 Å². The number of nitrogens with zero attached hydrogens (tertiary/aromatic N) is 1. The number of halogens is 2. The van der Waals surface area contributed by atoms with E-state index in [0.717, 1.165) is 19.3 Å². The summed E-state index contributed by atoms with van der Waals surface area (Å²) in [6.07, 6.45) is 4.30. The molecule has 0 aromatic carbocycles. The Balaban J connectivity index is 0. The lowest BCUT2D eigenvalue weighted by molar-refractivity contribution is -0.125. The van der Waals surface area contributed by atoms with Crippen LogP contribution in [0.15, 0.2) is 0 Å².